The molecule has 2 atom stereocenters. The van der Waals surface area contributed by atoms with Crippen molar-refractivity contribution in [1.82, 2.24) is 14.7 Å². The van der Waals surface area contributed by atoms with Crippen LogP contribution in [0.3, 0.4) is 0 Å². The fourth-order valence-corrected chi connectivity index (χ4v) is 3.03. The van der Waals surface area contributed by atoms with Gasteiger partial charge in [0, 0.05) is 18.7 Å². The second-order valence-electron chi connectivity index (χ2n) is 5.25. The Morgan fingerprint density at radius 2 is 2.39 bits per heavy atom. The number of esters is 1. The predicted molar refractivity (Wildman–Crippen MR) is 66.1 cm³/mol. The zero-order valence-corrected chi connectivity index (χ0v) is 10.7. The van der Waals surface area contributed by atoms with Gasteiger partial charge in [0.2, 0.25) is 0 Å². The first-order valence-corrected chi connectivity index (χ1v) is 6.65. The van der Waals surface area contributed by atoms with Gasteiger partial charge in [-0.2, -0.15) is 5.10 Å². The largest absolute Gasteiger partial charge is 0.464 e. The van der Waals surface area contributed by atoms with Crippen molar-refractivity contribution in [3.05, 3.63) is 18.0 Å². The average Bonchev–Trinajstić information content (AvgIpc) is 3.02. The van der Waals surface area contributed by atoms with Gasteiger partial charge in [-0.05, 0) is 31.9 Å². The van der Waals surface area contributed by atoms with Gasteiger partial charge in [-0.1, -0.05) is 0 Å². The van der Waals surface area contributed by atoms with Crippen molar-refractivity contribution >= 4 is 5.97 Å². The Balaban J connectivity index is 1.69. The number of hydrogen-bond donors (Lipinski definition) is 0. The summed E-state index contributed by atoms with van der Waals surface area (Å²) in [5, 5.41) is 4.33. The molecular weight excluding hydrogens is 230 g/mol. The summed E-state index contributed by atoms with van der Waals surface area (Å²) in [5.41, 5.74) is 1.18. The van der Waals surface area contributed by atoms with Crippen molar-refractivity contribution in [2.24, 2.45) is 0 Å². The van der Waals surface area contributed by atoms with Crippen LogP contribution in [0, 0.1) is 6.92 Å². The van der Waals surface area contributed by atoms with E-state index in [1.165, 1.54) is 5.56 Å². The topological polar surface area (TPSA) is 47.4 Å². The van der Waals surface area contributed by atoms with Crippen LogP contribution in [0.5, 0.6) is 0 Å². The third kappa shape index (κ3) is 2.14. The quantitative estimate of drug-likeness (QED) is 0.749. The summed E-state index contributed by atoms with van der Waals surface area (Å²) in [6.07, 6.45) is 7.08. The molecule has 98 valence electrons. The summed E-state index contributed by atoms with van der Waals surface area (Å²) in [7, 11) is 0. The van der Waals surface area contributed by atoms with Gasteiger partial charge < -0.3 is 4.74 Å². The molecule has 0 N–H and O–H groups in total. The van der Waals surface area contributed by atoms with Crippen LogP contribution in [-0.4, -0.2) is 45.9 Å². The maximum Gasteiger partial charge on any atom is 0.323 e. The van der Waals surface area contributed by atoms with Crippen molar-refractivity contribution in [2.75, 3.05) is 13.2 Å². The van der Waals surface area contributed by atoms with Crippen molar-refractivity contribution in [1.29, 1.82) is 0 Å². The maximum absolute atomic E-state index is 11.7. The third-order valence-corrected chi connectivity index (χ3v) is 3.89. The van der Waals surface area contributed by atoms with E-state index in [4.69, 9.17) is 4.74 Å². The Morgan fingerprint density at radius 3 is 3.06 bits per heavy atom. The van der Waals surface area contributed by atoms with Gasteiger partial charge in [0.05, 0.1) is 19.3 Å². The molecule has 3 heterocycles. The second kappa shape index (κ2) is 4.72. The van der Waals surface area contributed by atoms with E-state index >= 15 is 0 Å². The zero-order chi connectivity index (χ0) is 12.5. The lowest BCUT2D eigenvalue weighted by Gasteiger charge is -2.27. The van der Waals surface area contributed by atoms with Gasteiger partial charge in [-0.3, -0.25) is 14.4 Å². The monoisotopic (exact) mass is 249 g/mol. The number of hydrogen-bond acceptors (Lipinski definition) is 4. The molecule has 18 heavy (non-hydrogen) atoms. The molecule has 2 fully saturated rings. The smallest absolute Gasteiger partial charge is 0.323 e. The van der Waals surface area contributed by atoms with Crippen LogP contribution in [0.15, 0.2) is 12.4 Å². The van der Waals surface area contributed by atoms with Crippen LogP contribution < -0.4 is 0 Å². The SMILES string of the molecule is Cc1cnn(C[C@@H]2CCCN2[C@H]2CCOC2=O)c1. The number of aromatic nitrogens is 2. The van der Waals surface area contributed by atoms with Gasteiger partial charge in [0.25, 0.3) is 0 Å². The summed E-state index contributed by atoms with van der Waals surface area (Å²) >= 11 is 0. The van der Waals surface area contributed by atoms with Gasteiger partial charge in [0.1, 0.15) is 6.04 Å². The Labute approximate surface area is 107 Å². The van der Waals surface area contributed by atoms with Gasteiger partial charge in [-0.25, -0.2) is 0 Å². The number of likely N-dealkylation sites (tertiary alicyclic amines) is 1. The third-order valence-electron chi connectivity index (χ3n) is 3.89. The van der Waals surface area contributed by atoms with Gasteiger partial charge in [-0.15, -0.1) is 0 Å². The van der Waals surface area contributed by atoms with Crippen molar-refractivity contribution in [2.45, 2.75) is 44.8 Å². The molecule has 2 aliphatic heterocycles. The van der Waals surface area contributed by atoms with Crippen LogP contribution in [0.4, 0.5) is 0 Å². The van der Waals surface area contributed by atoms with Crippen molar-refractivity contribution in [3.8, 4) is 0 Å². The molecule has 0 unspecified atom stereocenters. The Hall–Kier alpha value is -1.36. The molecule has 5 nitrogen and oxygen atoms in total. The lowest BCUT2D eigenvalue weighted by molar-refractivity contribution is -0.142. The van der Waals surface area contributed by atoms with Crippen LogP contribution in [0.25, 0.3) is 0 Å². The predicted octanol–water partition coefficient (Wildman–Crippen LogP) is 0.971. The van der Waals surface area contributed by atoms with E-state index in [1.54, 1.807) is 0 Å². The molecular formula is C13H19N3O2. The van der Waals surface area contributed by atoms with E-state index in [2.05, 4.69) is 16.2 Å². The molecule has 0 radical (unpaired) electrons. The lowest BCUT2D eigenvalue weighted by Crippen LogP contribution is -2.43. The van der Waals surface area contributed by atoms with Crippen LogP contribution in [0.2, 0.25) is 0 Å². The van der Waals surface area contributed by atoms with E-state index in [-0.39, 0.29) is 12.0 Å². The normalized spacial score (nSPS) is 28.8. The molecule has 1 aromatic heterocycles. The molecule has 1 aromatic rings. The highest BCUT2D eigenvalue weighted by molar-refractivity contribution is 5.77. The Bertz CT molecular complexity index is 443. The number of cyclic esters (lactones) is 1. The molecule has 0 spiro atoms. The van der Waals surface area contributed by atoms with E-state index in [0.29, 0.717) is 12.6 Å². The molecule has 0 amide bonds. The molecule has 0 aromatic carbocycles. The van der Waals surface area contributed by atoms with Gasteiger partial charge in [0.15, 0.2) is 0 Å². The molecule has 0 aliphatic carbocycles. The first-order chi connectivity index (χ1) is 8.74. The Morgan fingerprint density at radius 1 is 1.50 bits per heavy atom. The number of nitrogens with zero attached hydrogens (tertiary/aromatic N) is 3. The number of aryl methyl sites for hydroxylation is 1. The summed E-state index contributed by atoms with van der Waals surface area (Å²) in [4.78, 5) is 14.0. The molecule has 2 saturated heterocycles. The summed E-state index contributed by atoms with van der Waals surface area (Å²) in [5.74, 6) is -0.0430. The minimum Gasteiger partial charge on any atom is -0.464 e. The molecule has 0 saturated carbocycles. The molecule has 3 rings (SSSR count). The minimum atomic E-state index is -0.0430. The standard InChI is InChI=1S/C13H19N3O2/c1-10-7-14-15(8-10)9-11-3-2-5-16(11)12-4-6-18-13(12)17/h7-8,11-12H,2-6,9H2,1H3/t11-,12-/m0/s1. The first-order valence-electron chi connectivity index (χ1n) is 6.65. The Kier molecular flexibility index (Phi) is 3.07. The summed E-state index contributed by atoms with van der Waals surface area (Å²) < 4.78 is 7.06. The number of rotatable bonds is 3. The number of carbonyl (C=O) groups excluding carboxylic acids is 1. The first kappa shape index (κ1) is 11.7. The summed E-state index contributed by atoms with van der Waals surface area (Å²) in [6.45, 7) is 4.50. The van der Waals surface area contributed by atoms with Crippen LogP contribution in [0.1, 0.15) is 24.8 Å². The van der Waals surface area contributed by atoms with Gasteiger partial charge >= 0.3 is 5.97 Å². The molecule has 0 bridgehead atoms. The fraction of sp³-hybridized carbons (Fsp3) is 0.692. The highest BCUT2D eigenvalue weighted by Crippen LogP contribution is 2.26. The minimum absolute atomic E-state index is 0.0193. The van der Waals surface area contributed by atoms with E-state index in [9.17, 15) is 4.79 Å². The maximum atomic E-state index is 11.7. The van der Waals surface area contributed by atoms with E-state index < -0.39 is 0 Å². The highest BCUT2D eigenvalue weighted by atomic mass is 16.5. The number of ether oxygens (including phenoxy) is 1. The summed E-state index contributed by atoms with van der Waals surface area (Å²) in [6, 6.07) is 0.397. The molecule has 5 heteroatoms. The highest BCUT2D eigenvalue weighted by Gasteiger charge is 2.38. The second-order valence-corrected chi connectivity index (χ2v) is 5.25. The van der Waals surface area contributed by atoms with E-state index in [0.717, 1.165) is 32.4 Å². The van der Waals surface area contributed by atoms with Crippen LogP contribution in [-0.2, 0) is 16.1 Å². The van der Waals surface area contributed by atoms with Crippen molar-refractivity contribution in [3.63, 3.8) is 0 Å². The fourth-order valence-electron chi connectivity index (χ4n) is 3.03. The average molecular weight is 249 g/mol. The van der Waals surface area contributed by atoms with Crippen LogP contribution >= 0.6 is 0 Å². The zero-order valence-electron chi connectivity index (χ0n) is 10.7. The molecule has 2 aliphatic rings. The number of carbonyl (C=O) groups is 1. The van der Waals surface area contributed by atoms with Crippen molar-refractivity contribution < 1.29 is 9.53 Å². The van der Waals surface area contributed by atoms with E-state index in [1.807, 2.05) is 17.8 Å². The lowest BCUT2D eigenvalue weighted by atomic mass is 10.1.